The number of aryl methyl sites for hydroxylation is 1. The Labute approximate surface area is 137 Å². The number of benzene rings is 1. The van der Waals surface area contributed by atoms with Gasteiger partial charge in [0.25, 0.3) is 10.1 Å². The van der Waals surface area contributed by atoms with Crippen molar-refractivity contribution in [2.45, 2.75) is 40.0 Å². The highest BCUT2D eigenvalue weighted by molar-refractivity contribution is 7.85. The smallest absolute Gasteiger partial charge is 0.265 e. The first-order chi connectivity index (χ1) is 10.5. The van der Waals surface area contributed by atoms with Crippen LogP contribution in [0.4, 0.5) is 0 Å². The molecule has 0 radical (unpaired) electrons. The van der Waals surface area contributed by atoms with Crippen molar-refractivity contribution in [2.24, 2.45) is 16.7 Å². The van der Waals surface area contributed by atoms with Crippen molar-refractivity contribution < 1.29 is 22.9 Å². The van der Waals surface area contributed by atoms with Gasteiger partial charge in [-0.25, -0.2) is 0 Å². The maximum Gasteiger partial charge on any atom is 0.265 e. The second-order valence-electron chi connectivity index (χ2n) is 7.23. The summed E-state index contributed by atoms with van der Waals surface area (Å²) in [6, 6.07) is 7.15. The largest absolute Gasteiger partial charge is 0.508 e. The summed E-state index contributed by atoms with van der Waals surface area (Å²) in [5, 5.41) is 8.81. The number of rotatable bonds is 2. The van der Waals surface area contributed by atoms with E-state index in [1.807, 2.05) is 32.9 Å². The van der Waals surface area contributed by atoms with E-state index in [1.165, 1.54) is 0 Å². The summed E-state index contributed by atoms with van der Waals surface area (Å²) in [7, 11) is -4.08. The Morgan fingerprint density at radius 3 is 2.30 bits per heavy atom. The Balaban J connectivity index is 0.000000203. The van der Waals surface area contributed by atoms with Gasteiger partial charge in [-0.05, 0) is 48.8 Å². The molecule has 0 saturated heterocycles. The number of carbonyl (C=O) groups is 1. The van der Waals surface area contributed by atoms with Gasteiger partial charge in [0.05, 0.1) is 11.2 Å². The molecule has 2 saturated carbocycles. The van der Waals surface area contributed by atoms with Gasteiger partial charge in [-0.15, -0.1) is 0 Å². The molecule has 6 heteroatoms. The van der Waals surface area contributed by atoms with Gasteiger partial charge in [0.2, 0.25) is 0 Å². The summed E-state index contributed by atoms with van der Waals surface area (Å²) in [6.45, 7) is 5.83. The molecule has 3 rings (SSSR count). The van der Waals surface area contributed by atoms with E-state index >= 15 is 0 Å². The van der Waals surface area contributed by atoms with Crippen LogP contribution in [0.25, 0.3) is 0 Å². The van der Waals surface area contributed by atoms with E-state index in [4.69, 9.17) is 9.66 Å². The summed E-state index contributed by atoms with van der Waals surface area (Å²) in [6.07, 6.45) is 1.97. The highest BCUT2D eigenvalue weighted by atomic mass is 32.2. The van der Waals surface area contributed by atoms with Gasteiger partial charge in [0, 0.05) is 6.42 Å². The van der Waals surface area contributed by atoms with Crippen LogP contribution in [0, 0.1) is 23.7 Å². The number of fused-ring (bicyclic) bond motifs is 2. The van der Waals surface area contributed by atoms with Crippen molar-refractivity contribution in [2.75, 3.05) is 5.75 Å². The normalized spacial score (nSPS) is 28.3. The number of phenolic OH excluding ortho intramolecular Hbond substituents is 1. The minimum absolute atomic E-state index is 0.0152. The van der Waals surface area contributed by atoms with Gasteiger partial charge in [0.1, 0.15) is 11.5 Å². The molecule has 2 atom stereocenters. The van der Waals surface area contributed by atoms with E-state index in [1.54, 1.807) is 12.1 Å². The molecule has 2 unspecified atom stereocenters. The molecule has 2 bridgehead atoms. The summed E-state index contributed by atoms with van der Waals surface area (Å²) in [5.41, 5.74) is -0.0319. The molecule has 0 aromatic heterocycles. The first-order valence-corrected chi connectivity index (χ1v) is 9.33. The number of Topliss-reactive ketones (excluding diaryl/α,β-unsaturated/α-hetero) is 1. The molecule has 0 heterocycles. The molecule has 5 nitrogen and oxygen atoms in total. The Morgan fingerprint density at radius 1 is 1.30 bits per heavy atom. The van der Waals surface area contributed by atoms with Crippen LogP contribution in [-0.2, 0) is 14.9 Å². The number of aromatic hydroxyl groups is 1. The Morgan fingerprint density at radius 2 is 1.96 bits per heavy atom. The molecule has 2 N–H and O–H groups in total. The number of hydrogen-bond acceptors (Lipinski definition) is 4. The minimum atomic E-state index is -4.08. The SMILES string of the molecule is CC1(C)C2CCC1(CS(=O)(=O)O)C(=O)C2.Cc1cccc(O)c1. The topological polar surface area (TPSA) is 91.7 Å². The van der Waals surface area contributed by atoms with Crippen molar-refractivity contribution in [3.63, 3.8) is 0 Å². The summed E-state index contributed by atoms with van der Waals surface area (Å²) in [4.78, 5) is 11.9. The first-order valence-electron chi connectivity index (χ1n) is 7.72. The monoisotopic (exact) mass is 340 g/mol. The Kier molecular flexibility index (Phi) is 4.61. The maximum absolute atomic E-state index is 11.9. The van der Waals surface area contributed by atoms with E-state index in [-0.39, 0.29) is 17.1 Å². The number of hydrogen-bond donors (Lipinski definition) is 2. The van der Waals surface area contributed by atoms with Crippen LogP contribution in [0.2, 0.25) is 0 Å². The molecule has 1 aromatic rings. The van der Waals surface area contributed by atoms with Gasteiger partial charge in [-0.3, -0.25) is 9.35 Å². The van der Waals surface area contributed by atoms with Crippen molar-refractivity contribution >= 4 is 15.9 Å². The van der Waals surface area contributed by atoms with Crippen LogP contribution in [-0.4, -0.2) is 29.6 Å². The molecule has 0 spiro atoms. The van der Waals surface area contributed by atoms with Crippen molar-refractivity contribution in [1.82, 2.24) is 0 Å². The Bertz CT molecular complexity index is 690. The van der Waals surface area contributed by atoms with E-state index in [0.717, 1.165) is 12.0 Å². The van der Waals surface area contributed by atoms with Gasteiger partial charge in [-0.2, -0.15) is 8.42 Å². The third-order valence-corrected chi connectivity index (χ3v) is 6.43. The van der Waals surface area contributed by atoms with Gasteiger partial charge < -0.3 is 5.11 Å². The van der Waals surface area contributed by atoms with Gasteiger partial charge in [0.15, 0.2) is 0 Å². The van der Waals surface area contributed by atoms with Crippen LogP contribution >= 0.6 is 0 Å². The van der Waals surface area contributed by atoms with Gasteiger partial charge in [-0.1, -0.05) is 26.0 Å². The predicted molar refractivity (Wildman–Crippen MR) is 87.8 cm³/mol. The molecule has 0 aliphatic heterocycles. The van der Waals surface area contributed by atoms with Crippen LogP contribution < -0.4 is 0 Å². The highest BCUT2D eigenvalue weighted by Crippen LogP contribution is 2.64. The lowest BCUT2D eigenvalue weighted by atomic mass is 9.70. The average Bonchev–Trinajstić information content (AvgIpc) is 2.71. The number of ketones is 1. The highest BCUT2D eigenvalue weighted by Gasteiger charge is 2.65. The van der Waals surface area contributed by atoms with E-state index in [0.29, 0.717) is 18.6 Å². The van der Waals surface area contributed by atoms with Crippen molar-refractivity contribution in [3.8, 4) is 5.75 Å². The first kappa shape index (κ1) is 17.9. The van der Waals surface area contributed by atoms with Crippen LogP contribution in [0.1, 0.15) is 38.7 Å². The second-order valence-corrected chi connectivity index (χ2v) is 8.68. The molecule has 23 heavy (non-hydrogen) atoms. The quantitative estimate of drug-likeness (QED) is 0.808. The number of phenols is 1. The van der Waals surface area contributed by atoms with Crippen LogP contribution in [0.5, 0.6) is 5.75 Å². The molecule has 2 aliphatic rings. The van der Waals surface area contributed by atoms with Gasteiger partial charge >= 0.3 is 0 Å². The fourth-order valence-corrected chi connectivity index (χ4v) is 5.35. The Hall–Kier alpha value is -1.40. The molecule has 2 aliphatic carbocycles. The molecule has 128 valence electrons. The lowest BCUT2D eigenvalue weighted by Gasteiger charge is -2.35. The van der Waals surface area contributed by atoms with Crippen molar-refractivity contribution in [1.29, 1.82) is 0 Å². The molecular weight excluding hydrogens is 316 g/mol. The standard InChI is InChI=1S/C10H16O4S.C7H8O/c1-9(2)7-3-4-10(9,8(11)5-7)6-15(12,13)14;1-6-3-2-4-7(8)5-6/h7H,3-6H2,1-2H3,(H,12,13,14);2-5,8H,1H3. The van der Waals surface area contributed by atoms with E-state index < -0.39 is 21.3 Å². The van der Waals surface area contributed by atoms with E-state index in [2.05, 4.69) is 0 Å². The van der Waals surface area contributed by atoms with E-state index in [9.17, 15) is 13.2 Å². The molecule has 1 aromatic carbocycles. The molecule has 0 amide bonds. The zero-order chi connectivity index (χ0) is 17.5. The summed E-state index contributed by atoms with van der Waals surface area (Å²) < 4.78 is 31.0. The maximum atomic E-state index is 11.9. The predicted octanol–water partition coefficient (Wildman–Crippen LogP) is 2.97. The van der Waals surface area contributed by atoms with Crippen molar-refractivity contribution in [3.05, 3.63) is 29.8 Å². The summed E-state index contributed by atoms with van der Waals surface area (Å²) >= 11 is 0. The summed E-state index contributed by atoms with van der Waals surface area (Å²) in [5.74, 6) is 0.237. The van der Waals surface area contributed by atoms with Crippen LogP contribution in [0.3, 0.4) is 0 Å². The van der Waals surface area contributed by atoms with Crippen LogP contribution in [0.15, 0.2) is 24.3 Å². The molecular formula is C17H24O5S. The fraction of sp³-hybridized carbons (Fsp3) is 0.588. The zero-order valence-electron chi connectivity index (χ0n) is 13.7. The number of carbonyl (C=O) groups excluding carboxylic acids is 1. The third kappa shape index (κ3) is 3.43. The lowest BCUT2D eigenvalue weighted by molar-refractivity contribution is -0.128. The molecule has 2 fully saturated rings. The third-order valence-electron chi connectivity index (χ3n) is 5.57. The zero-order valence-corrected chi connectivity index (χ0v) is 14.6. The second kappa shape index (κ2) is 5.91. The minimum Gasteiger partial charge on any atom is -0.508 e. The lowest BCUT2D eigenvalue weighted by Crippen LogP contribution is -2.42. The fourth-order valence-electron chi connectivity index (χ4n) is 4.05. The average molecular weight is 340 g/mol.